The molecule has 0 spiro atoms. The number of benzene rings is 1. The van der Waals surface area contributed by atoms with Crippen molar-refractivity contribution in [1.82, 2.24) is 0 Å². The van der Waals surface area contributed by atoms with E-state index in [0.717, 1.165) is 5.75 Å². The van der Waals surface area contributed by atoms with E-state index in [9.17, 15) is 4.79 Å². The SMILES string of the molecule is C=S(C)(C)(Br)C(=O)c1ccc(OC)cc1. The number of halogens is 1. The molecule has 0 radical (unpaired) electrons. The van der Waals surface area contributed by atoms with Crippen molar-refractivity contribution in [3.05, 3.63) is 29.8 Å². The van der Waals surface area contributed by atoms with Gasteiger partial charge in [0.2, 0.25) is 5.12 Å². The van der Waals surface area contributed by atoms with E-state index in [4.69, 9.17) is 4.74 Å². The Morgan fingerprint density at radius 1 is 1.33 bits per heavy atom. The number of methoxy groups -OCH3 is 1. The molecule has 2 nitrogen and oxygen atoms in total. The molecular weight excluding hydrogens is 276 g/mol. The van der Waals surface area contributed by atoms with Gasteiger partial charge in [-0.25, -0.2) is 0 Å². The summed E-state index contributed by atoms with van der Waals surface area (Å²) in [5.41, 5.74) is 0.662. The number of carbonyl (C=O) groups is 1. The van der Waals surface area contributed by atoms with Crippen molar-refractivity contribution in [3.8, 4) is 5.75 Å². The van der Waals surface area contributed by atoms with Crippen LogP contribution < -0.4 is 4.74 Å². The third-order valence-corrected chi connectivity index (χ3v) is 4.16. The van der Waals surface area contributed by atoms with Crippen molar-refractivity contribution in [2.45, 2.75) is 0 Å². The molecule has 0 aliphatic carbocycles. The van der Waals surface area contributed by atoms with E-state index >= 15 is 0 Å². The molecule has 1 aromatic rings. The van der Waals surface area contributed by atoms with Gasteiger partial charge in [0.05, 0.1) is 7.11 Å². The summed E-state index contributed by atoms with van der Waals surface area (Å²) in [5, 5.41) is 0.0506. The molecule has 0 aliphatic rings. The van der Waals surface area contributed by atoms with Crippen LogP contribution in [0.25, 0.3) is 0 Å². The first-order chi connectivity index (χ1) is 6.71. The lowest BCUT2D eigenvalue weighted by molar-refractivity contribution is 0.108. The molecular formula is C11H15BrO2S. The summed E-state index contributed by atoms with van der Waals surface area (Å²) in [6.07, 6.45) is 3.70. The van der Waals surface area contributed by atoms with Gasteiger partial charge in [-0.1, -0.05) is 5.87 Å². The quantitative estimate of drug-likeness (QED) is 0.782. The van der Waals surface area contributed by atoms with E-state index in [1.54, 1.807) is 31.4 Å². The van der Waals surface area contributed by atoms with Crippen LogP contribution in [0.15, 0.2) is 24.3 Å². The molecule has 0 unspecified atom stereocenters. The van der Waals surface area contributed by atoms with Crippen molar-refractivity contribution >= 4 is 33.0 Å². The highest BCUT2D eigenvalue weighted by Crippen LogP contribution is 2.59. The van der Waals surface area contributed by atoms with Gasteiger partial charge in [-0.3, -0.25) is 4.79 Å². The molecule has 0 atom stereocenters. The predicted octanol–water partition coefficient (Wildman–Crippen LogP) is 3.18. The van der Waals surface area contributed by atoms with Gasteiger partial charge in [0, 0.05) is 5.56 Å². The van der Waals surface area contributed by atoms with Crippen molar-refractivity contribution in [1.29, 1.82) is 0 Å². The van der Waals surface area contributed by atoms with Gasteiger partial charge in [0.1, 0.15) is 5.75 Å². The predicted molar refractivity (Wildman–Crippen MR) is 72.8 cm³/mol. The maximum Gasteiger partial charge on any atom is 0.206 e. The van der Waals surface area contributed by atoms with Gasteiger partial charge in [-0.2, -0.15) is 0 Å². The average Bonchev–Trinajstić information content (AvgIpc) is 2.14. The third kappa shape index (κ3) is 3.18. The van der Waals surface area contributed by atoms with Crippen LogP contribution >= 0.6 is 22.0 Å². The molecule has 0 N–H and O–H groups in total. The van der Waals surface area contributed by atoms with Crippen LogP contribution in [0.2, 0.25) is 0 Å². The highest BCUT2D eigenvalue weighted by Gasteiger charge is 2.25. The first kappa shape index (κ1) is 12.5. The lowest BCUT2D eigenvalue weighted by Crippen LogP contribution is -2.10. The first-order valence-corrected chi connectivity index (χ1v) is 9.22. The molecule has 1 aromatic carbocycles. The highest BCUT2D eigenvalue weighted by molar-refractivity contribution is 9.63. The second-order valence-corrected chi connectivity index (χ2v) is 14.7. The zero-order valence-corrected chi connectivity index (χ0v) is 11.5. The minimum absolute atomic E-state index is 0.0506. The summed E-state index contributed by atoms with van der Waals surface area (Å²) in [5.74, 6) is 4.71. The average molecular weight is 291 g/mol. The summed E-state index contributed by atoms with van der Waals surface area (Å²) in [6, 6.07) is 7.07. The summed E-state index contributed by atoms with van der Waals surface area (Å²) in [7, 11) is -0.768. The molecule has 0 saturated carbocycles. The van der Waals surface area contributed by atoms with Crippen LogP contribution in [0.5, 0.6) is 5.75 Å². The molecule has 1 rings (SSSR count). The van der Waals surface area contributed by atoms with E-state index in [-0.39, 0.29) is 5.12 Å². The fourth-order valence-electron chi connectivity index (χ4n) is 1.09. The van der Waals surface area contributed by atoms with Gasteiger partial charge < -0.3 is 4.74 Å². The normalized spacial score (nSPS) is 14.0. The molecule has 15 heavy (non-hydrogen) atoms. The topological polar surface area (TPSA) is 26.3 Å². The van der Waals surface area contributed by atoms with Crippen molar-refractivity contribution in [3.63, 3.8) is 0 Å². The fourth-order valence-corrected chi connectivity index (χ4v) is 2.51. The Bertz CT molecular complexity index is 431. The number of hydrogen-bond donors (Lipinski definition) is 0. The molecule has 0 aliphatic heterocycles. The van der Waals surface area contributed by atoms with E-state index in [0.29, 0.717) is 5.56 Å². The monoisotopic (exact) mass is 290 g/mol. The lowest BCUT2D eigenvalue weighted by Gasteiger charge is -2.30. The molecule has 84 valence electrons. The smallest absolute Gasteiger partial charge is 0.206 e. The molecule has 0 amide bonds. The van der Waals surface area contributed by atoms with E-state index in [1.165, 1.54) is 0 Å². The fraction of sp³-hybridized carbons (Fsp3) is 0.273. The van der Waals surface area contributed by atoms with E-state index in [1.807, 2.05) is 12.5 Å². The Kier molecular flexibility index (Phi) is 3.12. The Balaban J connectivity index is 3.10. The molecule has 0 saturated heterocycles. The summed E-state index contributed by atoms with van der Waals surface area (Å²) in [4.78, 5) is 12.1. The van der Waals surface area contributed by atoms with Gasteiger partial charge in [0.25, 0.3) is 0 Å². The maximum atomic E-state index is 12.1. The largest absolute Gasteiger partial charge is 0.497 e. The maximum absolute atomic E-state index is 12.1. The van der Waals surface area contributed by atoms with Crippen LogP contribution in [-0.4, -0.2) is 30.6 Å². The van der Waals surface area contributed by atoms with Gasteiger partial charge in [-0.05, 0) is 51.6 Å². The number of rotatable bonds is 2. The van der Waals surface area contributed by atoms with E-state index in [2.05, 4.69) is 20.7 Å². The Hall–Kier alpha value is -0.610. The third-order valence-electron chi connectivity index (χ3n) is 1.90. The Morgan fingerprint density at radius 2 is 1.80 bits per heavy atom. The summed E-state index contributed by atoms with van der Waals surface area (Å²) in [6.45, 7) is 0. The first-order valence-electron chi connectivity index (χ1n) is 4.35. The lowest BCUT2D eigenvalue weighted by atomic mass is 10.2. The Labute approximate surface area is 97.7 Å². The molecule has 0 bridgehead atoms. The van der Waals surface area contributed by atoms with Crippen LogP contribution in [0.4, 0.5) is 0 Å². The van der Waals surface area contributed by atoms with Gasteiger partial charge in [0.15, 0.2) is 0 Å². The molecule has 0 aromatic heterocycles. The van der Waals surface area contributed by atoms with Crippen molar-refractivity contribution in [2.75, 3.05) is 19.6 Å². The zero-order chi connectivity index (χ0) is 11.7. The van der Waals surface area contributed by atoms with Crippen molar-refractivity contribution < 1.29 is 9.53 Å². The second kappa shape index (κ2) is 3.76. The standard InChI is InChI=1S/C11H15BrO2S/c1-14-10-7-5-9(6-8-10)11(13)15(2,3,4)12/h5-8H,2H2,1,3-4H3. The van der Waals surface area contributed by atoms with E-state index < -0.39 is 7.18 Å². The second-order valence-electron chi connectivity index (χ2n) is 4.05. The number of hydrogen-bond acceptors (Lipinski definition) is 2. The summed E-state index contributed by atoms with van der Waals surface area (Å²) < 4.78 is 5.03. The van der Waals surface area contributed by atoms with Crippen LogP contribution in [0, 0.1) is 0 Å². The van der Waals surface area contributed by atoms with Crippen LogP contribution in [0.1, 0.15) is 10.4 Å². The van der Waals surface area contributed by atoms with Crippen LogP contribution in [-0.2, 0) is 0 Å². The summed E-state index contributed by atoms with van der Waals surface area (Å²) >= 11 is 3.44. The number of ether oxygens (including phenoxy) is 1. The minimum Gasteiger partial charge on any atom is -0.497 e. The molecule has 0 heterocycles. The minimum atomic E-state index is -2.37. The number of carbonyl (C=O) groups excluding carboxylic acids is 1. The zero-order valence-electron chi connectivity index (χ0n) is 9.12. The van der Waals surface area contributed by atoms with Crippen LogP contribution in [0.3, 0.4) is 0 Å². The molecule has 4 heteroatoms. The highest BCUT2D eigenvalue weighted by atomic mass is 79.9. The van der Waals surface area contributed by atoms with Gasteiger partial charge in [-0.15, -0.1) is 7.18 Å². The molecule has 0 fully saturated rings. The van der Waals surface area contributed by atoms with Gasteiger partial charge >= 0.3 is 0 Å². The van der Waals surface area contributed by atoms with Crippen molar-refractivity contribution in [2.24, 2.45) is 0 Å². The Morgan fingerprint density at radius 3 is 2.13 bits per heavy atom.